The highest BCUT2D eigenvalue weighted by Gasteiger charge is 2.07. The summed E-state index contributed by atoms with van der Waals surface area (Å²) in [6, 6.07) is 26.2. The predicted octanol–water partition coefficient (Wildman–Crippen LogP) is 6.23. The maximum Gasteiger partial charge on any atom is 0.323 e. The topological polar surface area (TPSA) is 41.1 Å². The molecule has 0 heterocycles. The monoisotopic (exact) mass is 354 g/mol. The first-order valence-corrected chi connectivity index (χ1v) is 8.83. The van der Waals surface area contributed by atoms with Gasteiger partial charge >= 0.3 is 6.03 Å². The molecule has 3 heteroatoms. The molecule has 0 saturated heterocycles. The van der Waals surface area contributed by atoms with E-state index in [1.807, 2.05) is 61.5 Å². The standard InChI is InChI=1S/C24H22N2O/c1-3-20(4-2)25-24(27)26-21-16-14-19(15-17-21)23-13-9-8-12-22(23)18-10-6-5-7-11-18/h3-17H,1H2,2H3,(H2,25,26,27)/b20-4+. The summed E-state index contributed by atoms with van der Waals surface area (Å²) < 4.78 is 0. The van der Waals surface area contributed by atoms with E-state index in [1.165, 1.54) is 11.1 Å². The Kier molecular flexibility index (Phi) is 5.85. The molecule has 3 rings (SSSR count). The highest BCUT2D eigenvalue weighted by molar-refractivity contribution is 5.91. The largest absolute Gasteiger partial charge is 0.323 e. The first-order valence-electron chi connectivity index (χ1n) is 8.83. The van der Waals surface area contributed by atoms with Crippen LogP contribution >= 0.6 is 0 Å². The number of carbonyl (C=O) groups excluding carboxylic acids is 1. The van der Waals surface area contributed by atoms with Gasteiger partial charge in [-0.05, 0) is 47.4 Å². The fourth-order valence-electron chi connectivity index (χ4n) is 2.87. The molecule has 0 unspecified atom stereocenters. The number of rotatable bonds is 5. The van der Waals surface area contributed by atoms with Crippen molar-refractivity contribution in [2.24, 2.45) is 0 Å². The van der Waals surface area contributed by atoms with Crippen molar-refractivity contribution in [2.75, 3.05) is 5.32 Å². The molecule has 0 fully saturated rings. The summed E-state index contributed by atoms with van der Waals surface area (Å²) in [5.41, 5.74) is 6.01. The van der Waals surface area contributed by atoms with Gasteiger partial charge in [-0.25, -0.2) is 4.79 Å². The normalized spacial score (nSPS) is 10.9. The minimum atomic E-state index is -0.291. The predicted molar refractivity (Wildman–Crippen MR) is 113 cm³/mol. The maximum absolute atomic E-state index is 12.0. The summed E-state index contributed by atoms with van der Waals surface area (Å²) in [5, 5.41) is 5.56. The number of hydrogen-bond donors (Lipinski definition) is 2. The number of benzene rings is 3. The van der Waals surface area contributed by atoms with Gasteiger partial charge in [-0.2, -0.15) is 0 Å². The SMILES string of the molecule is C=C/C(=C\C)NC(=O)Nc1ccc(-c2ccccc2-c2ccccc2)cc1. The van der Waals surface area contributed by atoms with Gasteiger partial charge in [-0.15, -0.1) is 0 Å². The van der Waals surface area contributed by atoms with E-state index in [0.717, 1.165) is 16.8 Å². The molecule has 3 nitrogen and oxygen atoms in total. The lowest BCUT2D eigenvalue weighted by Crippen LogP contribution is -2.27. The quantitative estimate of drug-likeness (QED) is 0.524. The molecule has 2 N–H and O–H groups in total. The number of anilines is 1. The average Bonchev–Trinajstić information content (AvgIpc) is 2.73. The molecule has 0 saturated carbocycles. The Morgan fingerprint density at radius 3 is 1.93 bits per heavy atom. The molecule has 0 spiro atoms. The summed E-state index contributed by atoms with van der Waals surface area (Å²) in [7, 11) is 0. The Labute approximate surface area is 160 Å². The van der Waals surface area contributed by atoms with E-state index < -0.39 is 0 Å². The van der Waals surface area contributed by atoms with Gasteiger partial charge in [0.1, 0.15) is 0 Å². The van der Waals surface area contributed by atoms with Crippen molar-refractivity contribution >= 4 is 11.7 Å². The van der Waals surface area contributed by atoms with E-state index in [9.17, 15) is 4.79 Å². The fraction of sp³-hybridized carbons (Fsp3) is 0.0417. The van der Waals surface area contributed by atoms with Crippen LogP contribution in [-0.2, 0) is 0 Å². The zero-order chi connectivity index (χ0) is 19.1. The highest BCUT2D eigenvalue weighted by Crippen LogP contribution is 2.32. The smallest absolute Gasteiger partial charge is 0.308 e. The van der Waals surface area contributed by atoms with Crippen LogP contribution in [0.25, 0.3) is 22.3 Å². The van der Waals surface area contributed by atoms with E-state index in [-0.39, 0.29) is 6.03 Å². The van der Waals surface area contributed by atoms with Crippen molar-refractivity contribution in [3.8, 4) is 22.3 Å². The van der Waals surface area contributed by atoms with Gasteiger partial charge in [0.2, 0.25) is 0 Å². The molecule has 0 aliphatic carbocycles. The Bertz CT molecular complexity index is 957. The van der Waals surface area contributed by atoms with Crippen molar-refractivity contribution in [3.63, 3.8) is 0 Å². The van der Waals surface area contributed by atoms with Crippen LogP contribution in [0.2, 0.25) is 0 Å². The lowest BCUT2D eigenvalue weighted by Gasteiger charge is -2.12. The summed E-state index contributed by atoms with van der Waals surface area (Å²) in [6.07, 6.45) is 3.39. The van der Waals surface area contributed by atoms with Crippen LogP contribution in [0.3, 0.4) is 0 Å². The van der Waals surface area contributed by atoms with Crippen LogP contribution in [0.15, 0.2) is 103 Å². The number of hydrogen-bond acceptors (Lipinski definition) is 1. The zero-order valence-corrected chi connectivity index (χ0v) is 15.3. The summed E-state index contributed by atoms with van der Waals surface area (Å²) in [5.74, 6) is 0. The molecular formula is C24H22N2O. The molecule has 3 aromatic rings. The third-order valence-corrected chi connectivity index (χ3v) is 4.25. The van der Waals surface area contributed by atoms with Gasteiger partial charge in [0, 0.05) is 11.4 Å². The van der Waals surface area contributed by atoms with Crippen molar-refractivity contribution in [1.29, 1.82) is 0 Å². The molecule has 0 aliphatic heterocycles. The molecule has 0 bridgehead atoms. The fourth-order valence-corrected chi connectivity index (χ4v) is 2.87. The van der Waals surface area contributed by atoms with E-state index >= 15 is 0 Å². The second kappa shape index (κ2) is 8.68. The van der Waals surface area contributed by atoms with Gasteiger partial charge in [-0.1, -0.05) is 79.4 Å². The molecule has 27 heavy (non-hydrogen) atoms. The molecule has 0 aliphatic rings. The molecule has 0 radical (unpaired) electrons. The minimum Gasteiger partial charge on any atom is -0.308 e. The van der Waals surface area contributed by atoms with Crippen LogP contribution in [0, 0.1) is 0 Å². The van der Waals surface area contributed by atoms with Crippen molar-refractivity contribution in [3.05, 3.63) is 103 Å². The number of nitrogens with one attached hydrogen (secondary N) is 2. The van der Waals surface area contributed by atoms with Crippen LogP contribution in [0.1, 0.15) is 6.92 Å². The first kappa shape index (κ1) is 18.2. The van der Waals surface area contributed by atoms with Gasteiger partial charge in [0.05, 0.1) is 0 Å². The summed E-state index contributed by atoms with van der Waals surface area (Å²) in [4.78, 5) is 12.0. The molecule has 0 aromatic heterocycles. The first-order chi connectivity index (χ1) is 13.2. The summed E-state index contributed by atoms with van der Waals surface area (Å²) >= 11 is 0. The maximum atomic E-state index is 12.0. The van der Waals surface area contributed by atoms with Crippen molar-refractivity contribution in [1.82, 2.24) is 5.32 Å². The van der Waals surface area contributed by atoms with E-state index in [4.69, 9.17) is 0 Å². The summed E-state index contributed by atoms with van der Waals surface area (Å²) in [6.45, 7) is 5.50. The lowest BCUT2D eigenvalue weighted by molar-refractivity contribution is 0.254. The van der Waals surface area contributed by atoms with Crippen LogP contribution in [0.5, 0.6) is 0 Å². The number of carbonyl (C=O) groups is 1. The molecule has 0 atom stereocenters. The molecule has 2 amide bonds. The Hall–Kier alpha value is -3.59. The number of amides is 2. The second-order valence-corrected chi connectivity index (χ2v) is 6.02. The number of urea groups is 1. The minimum absolute atomic E-state index is 0.291. The second-order valence-electron chi connectivity index (χ2n) is 6.02. The Morgan fingerprint density at radius 1 is 0.815 bits per heavy atom. The lowest BCUT2D eigenvalue weighted by atomic mass is 9.94. The number of allylic oxidation sites excluding steroid dienone is 2. The molecule has 134 valence electrons. The van der Waals surface area contributed by atoms with Crippen LogP contribution in [-0.4, -0.2) is 6.03 Å². The Morgan fingerprint density at radius 2 is 1.37 bits per heavy atom. The van der Waals surface area contributed by atoms with Crippen LogP contribution in [0.4, 0.5) is 10.5 Å². The molecule has 3 aromatic carbocycles. The van der Waals surface area contributed by atoms with Crippen molar-refractivity contribution in [2.45, 2.75) is 6.92 Å². The third-order valence-electron chi connectivity index (χ3n) is 4.25. The highest BCUT2D eigenvalue weighted by atomic mass is 16.2. The van der Waals surface area contributed by atoms with Gasteiger partial charge in [-0.3, -0.25) is 0 Å². The van der Waals surface area contributed by atoms with Gasteiger partial charge in [0.25, 0.3) is 0 Å². The third kappa shape index (κ3) is 4.53. The van der Waals surface area contributed by atoms with Gasteiger partial charge in [0.15, 0.2) is 0 Å². The zero-order valence-electron chi connectivity index (χ0n) is 15.3. The van der Waals surface area contributed by atoms with E-state index in [2.05, 4.69) is 41.5 Å². The van der Waals surface area contributed by atoms with Crippen LogP contribution < -0.4 is 10.6 Å². The van der Waals surface area contributed by atoms with Gasteiger partial charge < -0.3 is 10.6 Å². The molecular weight excluding hydrogens is 332 g/mol. The van der Waals surface area contributed by atoms with E-state index in [0.29, 0.717) is 5.70 Å². The average molecular weight is 354 g/mol. The Balaban J connectivity index is 1.81. The van der Waals surface area contributed by atoms with Crippen molar-refractivity contribution < 1.29 is 4.79 Å². The van der Waals surface area contributed by atoms with E-state index in [1.54, 1.807) is 12.2 Å².